The summed E-state index contributed by atoms with van der Waals surface area (Å²) in [5.74, 6) is -2.84. The normalized spacial score (nSPS) is 19.2. The molecule has 0 amide bonds. The molecule has 0 aliphatic carbocycles. The van der Waals surface area contributed by atoms with Gasteiger partial charge < -0.3 is 4.55 Å². The summed E-state index contributed by atoms with van der Waals surface area (Å²) in [6.45, 7) is 0. The van der Waals surface area contributed by atoms with Gasteiger partial charge in [-0.1, -0.05) is 6.07 Å². The van der Waals surface area contributed by atoms with E-state index in [1.54, 1.807) is 0 Å². The van der Waals surface area contributed by atoms with Gasteiger partial charge in [0.2, 0.25) is 0 Å². The SMILES string of the molecule is O=S([O-])NN1c2c(ccc(F)c2F)CC1(F)F. The molecule has 9 heteroatoms. The van der Waals surface area contributed by atoms with Gasteiger partial charge in [0.25, 0.3) is 0 Å². The molecular weight excluding hydrogens is 264 g/mol. The molecule has 1 atom stereocenters. The molecule has 2 rings (SSSR count). The topological polar surface area (TPSA) is 55.4 Å². The van der Waals surface area contributed by atoms with Crippen LogP contribution in [0.25, 0.3) is 0 Å². The maximum atomic E-state index is 13.4. The second-order valence-electron chi connectivity index (χ2n) is 3.37. The average Bonchev–Trinajstić information content (AvgIpc) is 2.45. The molecule has 1 aromatic carbocycles. The van der Waals surface area contributed by atoms with Crippen LogP contribution in [0.4, 0.5) is 23.2 Å². The van der Waals surface area contributed by atoms with Crippen molar-refractivity contribution in [2.75, 3.05) is 5.01 Å². The van der Waals surface area contributed by atoms with Gasteiger partial charge in [0.15, 0.2) is 11.6 Å². The molecule has 94 valence electrons. The Labute approximate surface area is 95.6 Å². The van der Waals surface area contributed by atoms with Crippen LogP contribution in [0.5, 0.6) is 0 Å². The first-order valence-corrected chi connectivity index (χ1v) is 5.41. The van der Waals surface area contributed by atoms with E-state index in [2.05, 4.69) is 0 Å². The lowest BCUT2D eigenvalue weighted by Crippen LogP contribution is -2.49. The predicted molar refractivity (Wildman–Crippen MR) is 49.5 cm³/mol. The van der Waals surface area contributed by atoms with Gasteiger partial charge in [-0.3, -0.25) is 4.21 Å². The Balaban J connectivity index is 2.53. The quantitative estimate of drug-likeness (QED) is 0.499. The van der Waals surface area contributed by atoms with Crippen molar-refractivity contribution in [3.63, 3.8) is 0 Å². The molecule has 1 N–H and O–H groups in total. The summed E-state index contributed by atoms with van der Waals surface area (Å²) < 4.78 is 73.7. The van der Waals surface area contributed by atoms with Crippen molar-refractivity contribution in [3.05, 3.63) is 29.3 Å². The number of halogens is 4. The zero-order chi connectivity index (χ0) is 12.8. The molecule has 1 aliphatic rings. The highest BCUT2D eigenvalue weighted by atomic mass is 32.2. The molecule has 0 fully saturated rings. The van der Waals surface area contributed by atoms with Crippen LogP contribution in [0.2, 0.25) is 0 Å². The Morgan fingerprint density at radius 2 is 2.06 bits per heavy atom. The monoisotopic (exact) mass is 269 g/mol. The number of hydrogen-bond donors (Lipinski definition) is 1. The van der Waals surface area contributed by atoms with Crippen LogP contribution in [0.3, 0.4) is 0 Å². The van der Waals surface area contributed by atoms with E-state index in [-0.39, 0.29) is 10.6 Å². The maximum Gasteiger partial charge on any atom is 0.343 e. The number of nitrogens with zero attached hydrogens (tertiary/aromatic N) is 1. The van der Waals surface area contributed by atoms with Crippen LogP contribution < -0.4 is 9.84 Å². The molecule has 1 aromatic rings. The number of fused-ring (bicyclic) bond motifs is 1. The van der Waals surface area contributed by atoms with Crippen LogP contribution in [-0.4, -0.2) is 14.8 Å². The molecule has 0 aromatic heterocycles. The summed E-state index contributed by atoms with van der Waals surface area (Å²) in [4.78, 5) is 1.35. The lowest BCUT2D eigenvalue weighted by molar-refractivity contribution is 0.00255. The summed E-state index contributed by atoms with van der Waals surface area (Å²) in [5, 5.41) is -0.191. The van der Waals surface area contributed by atoms with Gasteiger partial charge in [-0.25, -0.2) is 13.8 Å². The van der Waals surface area contributed by atoms with Crippen molar-refractivity contribution < 1.29 is 26.3 Å². The van der Waals surface area contributed by atoms with Crippen LogP contribution in [-0.2, 0) is 17.7 Å². The Bertz CT molecular complexity index is 497. The first kappa shape index (κ1) is 12.3. The number of alkyl halides is 2. The average molecular weight is 269 g/mol. The molecule has 0 spiro atoms. The Morgan fingerprint density at radius 3 is 2.65 bits per heavy atom. The zero-order valence-corrected chi connectivity index (χ0v) is 8.86. The molecular formula is C8H5F4N2O2S-. The molecule has 4 nitrogen and oxygen atoms in total. The fraction of sp³-hybridized carbons (Fsp3) is 0.250. The van der Waals surface area contributed by atoms with Crippen molar-refractivity contribution >= 4 is 17.0 Å². The summed E-state index contributed by atoms with van der Waals surface area (Å²) >= 11 is -3.07. The number of benzene rings is 1. The second-order valence-corrected chi connectivity index (χ2v) is 4.03. The van der Waals surface area contributed by atoms with E-state index >= 15 is 0 Å². The molecule has 1 heterocycles. The number of rotatable bonds is 2. The van der Waals surface area contributed by atoms with Gasteiger partial charge in [0.1, 0.15) is 5.69 Å². The number of hydrogen-bond acceptors (Lipinski definition) is 3. The third-order valence-electron chi connectivity index (χ3n) is 2.27. The minimum Gasteiger partial charge on any atom is -0.759 e. The van der Waals surface area contributed by atoms with E-state index in [0.717, 1.165) is 6.07 Å². The van der Waals surface area contributed by atoms with Gasteiger partial charge in [0.05, 0.1) is 6.42 Å². The number of nitrogens with one attached hydrogen (secondary N) is 1. The standard InChI is InChI=1S/C8H6F4N2O2S/c9-5-2-1-4-3-8(11,12)14(13-17(15)16)7(4)6(5)10/h1-2,13H,3H2,(H,15,16)/p-1. The van der Waals surface area contributed by atoms with Crippen LogP contribution in [0.15, 0.2) is 12.1 Å². The fourth-order valence-electron chi connectivity index (χ4n) is 1.62. The summed E-state index contributed by atoms with van der Waals surface area (Å²) in [6, 6.07) is -1.95. The summed E-state index contributed by atoms with van der Waals surface area (Å²) in [5.41, 5.74) is -0.967. The van der Waals surface area contributed by atoms with E-state index in [0.29, 0.717) is 6.07 Å². The van der Waals surface area contributed by atoms with Crippen molar-refractivity contribution in [3.8, 4) is 0 Å². The lowest BCUT2D eigenvalue weighted by Gasteiger charge is -2.27. The lowest BCUT2D eigenvalue weighted by atomic mass is 10.1. The molecule has 0 bridgehead atoms. The van der Waals surface area contributed by atoms with Gasteiger partial charge in [-0.15, -0.1) is 0 Å². The van der Waals surface area contributed by atoms with Crippen molar-refractivity contribution in [1.82, 2.24) is 4.83 Å². The minimum absolute atomic E-state index is 0.174. The first-order valence-electron chi connectivity index (χ1n) is 4.33. The highest BCUT2D eigenvalue weighted by Crippen LogP contribution is 2.41. The molecule has 0 saturated carbocycles. The van der Waals surface area contributed by atoms with E-state index in [9.17, 15) is 26.3 Å². The Kier molecular flexibility index (Phi) is 2.84. The molecule has 1 unspecified atom stereocenters. The van der Waals surface area contributed by atoms with Gasteiger partial charge in [-0.05, 0) is 11.6 Å². The molecule has 17 heavy (non-hydrogen) atoms. The van der Waals surface area contributed by atoms with Crippen molar-refractivity contribution in [1.29, 1.82) is 0 Å². The minimum atomic E-state index is -3.64. The van der Waals surface area contributed by atoms with E-state index in [4.69, 9.17) is 0 Å². The highest BCUT2D eigenvalue weighted by molar-refractivity contribution is 7.77. The third-order valence-corrected chi connectivity index (χ3v) is 2.60. The second kappa shape index (κ2) is 3.93. The summed E-state index contributed by atoms with van der Waals surface area (Å²) in [6.07, 6.45) is -0.899. The van der Waals surface area contributed by atoms with Crippen LogP contribution in [0.1, 0.15) is 5.56 Å². The number of hydrazine groups is 1. The van der Waals surface area contributed by atoms with E-state index in [1.807, 2.05) is 0 Å². The third kappa shape index (κ3) is 2.01. The van der Waals surface area contributed by atoms with Crippen LogP contribution >= 0.6 is 0 Å². The fourth-order valence-corrected chi connectivity index (χ4v) is 2.00. The van der Waals surface area contributed by atoms with Crippen molar-refractivity contribution in [2.45, 2.75) is 12.5 Å². The van der Waals surface area contributed by atoms with Crippen LogP contribution in [0, 0.1) is 11.6 Å². The molecule has 0 radical (unpaired) electrons. The maximum absolute atomic E-state index is 13.4. The Morgan fingerprint density at radius 1 is 1.41 bits per heavy atom. The zero-order valence-electron chi connectivity index (χ0n) is 8.05. The van der Waals surface area contributed by atoms with Crippen molar-refractivity contribution in [2.24, 2.45) is 0 Å². The Hall–Kier alpha value is -1.19. The van der Waals surface area contributed by atoms with Gasteiger partial charge in [-0.2, -0.15) is 13.6 Å². The number of anilines is 1. The van der Waals surface area contributed by atoms with Gasteiger partial charge >= 0.3 is 6.05 Å². The molecule has 1 aliphatic heterocycles. The smallest absolute Gasteiger partial charge is 0.343 e. The van der Waals surface area contributed by atoms with E-state index in [1.165, 1.54) is 4.83 Å². The predicted octanol–water partition coefficient (Wildman–Crippen LogP) is 1.22. The largest absolute Gasteiger partial charge is 0.759 e. The molecule has 0 saturated heterocycles. The van der Waals surface area contributed by atoms with E-state index < -0.39 is 41.1 Å². The summed E-state index contributed by atoms with van der Waals surface area (Å²) in [7, 11) is 0. The first-order chi connectivity index (χ1) is 7.83. The highest BCUT2D eigenvalue weighted by Gasteiger charge is 2.47. The van der Waals surface area contributed by atoms with Gasteiger partial charge in [0, 0.05) is 11.3 Å².